The van der Waals surface area contributed by atoms with Crippen molar-refractivity contribution in [2.75, 3.05) is 26.2 Å². The molecule has 1 heterocycles. The molecule has 0 aromatic heterocycles. The summed E-state index contributed by atoms with van der Waals surface area (Å²) in [6.07, 6.45) is 5.28. The molecule has 1 fully saturated rings. The van der Waals surface area contributed by atoms with Gasteiger partial charge in [0, 0.05) is 6.54 Å². The summed E-state index contributed by atoms with van der Waals surface area (Å²) in [5.41, 5.74) is 5.45. The molecular formula is C10H22N2. The van der Waals surface area contributed by atoms with E-state index in [1.807, 2.05) is 0 Å². The van der Waals surface area contributed by atoms with Gasteiger partial charge in [0.05, 0.1) is 0 Å². The summed E-state index contributed by atoms with van der Waals surface area (Å²) in [6, 6.07) is 0. The minimum Gasteiger partial charge on any atom is -0.330 e. The number of rotatable bonds is 4. The van der Waals surface area contributed by atoms with Crippen LogP contribution in [0.3, 0.4) is 0 Å². The van der Waals surface area contributed by atoms with Crippen LogP contribution in [0, 0.1) is 5.92 Å². The van der Waals surface area contributed by atoms with Crippen molar-refractivity contribution in [1.82, 2.24) is 4.90 Å². The molecule has 1 atom stereocenters. The van der Waals surface area contributed by atoms with Crippen LogP contribution in [0.15, 0.2) is 0 Å². The van der Waals surface area contributed by atoms with Crippen LogP contribution < -0.4 is 5.73 Å². The maximum Gasteiger partial charge on any atom is 0.000703 e. The van der Waals surface area contributed by atoms with Crippen molar-refractivity contribution in [3.05, 3.63) is 0 Å². The average molecular weight is 170 g/mol. The first kappa shape index (κ1) is 10.0. The number of hydrogen-bond acceptors (Lipinski definition) is 2. The second-order valence-electron chi connectivity index (χ2n) is 4.04. The fourth-order valence-electron chi connectivity index (χ4n) is 1.97. The molecule has 0 aliphatic carbocycles. The highest BCUT2D eigenvalue weighted by atomic mass is 15.1. The zero-order valence-electron chi connectivity index (χ0n) is 8.26. The zero-order valence-corrected chi connectivity index (χ0v) is 8.26. The van der Waals surface area contributed by atoms with Crippen molar-refractivity contribution in [2.24, 2.45) is 11.7 Å². The van der Waals surface area contributed by atoms with E-state index in [0.717, 1.165) is 12.5 Å². The standard InChI is InChI=1S/C10H22N2/c1-10-5-4-8-12(9-10)7-3-2-6-11/h10H,2-9,11H2,1H3/t10-/m1/s1. The van der Waals surface area contributed by atoms with Crippen LogP contribution in [-0.2, 0) is 0 Å². The van der Waals surface area contributed by atoms with Crippen LogP contribution in [0.5, 0.6) is 0 Å². The van der Waals surface area contributed by atoms with Gasteiger partial charge in [-0.05, 0) is 51.2 Å². The second-order valence-corrected chi connectivity index (χ2v) is 4.04. The molecule has 1 aliphatic heterocycles. The first-order chi connectivity index (χ1) is 5.83. The lowest BCUT2D eigenvalue weighted by Gasteiger charge is -2.30. The van der Waals surface area contributed by atoms with Gasteiger partial charge in [0.2, 0.25) is 0 Å². The molecule has 0 unspecified atom stereocenters. The normalized spacial score (nSPS) is 26.0. The SMILES string of the molecule is C[C@@H]1CCCN(CCCCN)C1. The van der Waals surface area contributed by atoms with Gasteiger partial charge in [-0.15, -0.1) is 0 Å². The van der Waals surface area contributed by atoms with E-state index in [1.54, 1.807) is 0 Å². The summed E-state index contributed by atoms with van der Waals surface area (Å²) >= 11 is 0. The highest BCUT2D eigenvalue weighted by Gasteiger charge is 2.14. The van der Waals surface area contributed by atoms with Crippen molar-refractivity contribution >= 4 is 0 Å². The summed E-state index contributed by atoms with van der Waals surface area (Å²) in [7, 11) is 0. The number of nitrogens with zero attached hydrogens (tertiary/aromatic N) is 1. The third kappa shape index (κ3) is 3.55. The van der Waals surface area contributed by atoms with E-state index in [9.17, 15) is 0 Å². The van der Waals surface area contributed by atoms with Gasteiger partial charge in [-0.2, -0.15) is 0 Å². The molecule has 72 valence electrons. The minimum atomic E-state index is 0.851. The molecule has 0 radical (unpaired) electrons. The van der Waals surface area contributed by atoms with Crippen molar-refractivity contribution in [3.63, 3.8) is 0 Å². The largest absolute Gasteiger partial charge is 0.330 e. The monoisotopic (exact) mass is 170 g/mol. The molecule has 1 rings (SSSR count). The molecule has 0 saturated carbocycles. The Hall–Kier alpha value is -0.0800. The maximum absolute atomic E-state index is 5.45. The van der Waals surface area contributed by atoms with E-state index in [2.05, 4.69) is 11.8 Å². The fourth-order valence-corrected chi connectivity index (χ4v) is 1.97. The number of hydrogen-bond donors (Lipinski definition) is 1. The van der Waals surface area contributed by atoms with Crippen LogP contribution in [0.2, 0.25) is 0 Å². The Labute approximate surface area is 76.1 Å². The number of likely N-dealkylation sites (tertiary alicyclic amines) is 1. The summed E-state index contributed by atoms with van der Waals surface area (Å²) in [4.78, 5) is 2.59. The van der Waals surface area contributed by atoms with Gasteiger partial charge in [0.15, 0.2) is 0 Å². The number of nitrogens with two attached hydrogens (primary N) is 1. The lowest BCUT2D eigenvalue weighted by molar-refractivity contribution is 0.181. The average Bonchev–Trinajstić information content (AvgIpc) is 2.05. The first-order valence-electron chi connectivity index (χ1n) is 5.25. The molecule has 12 heavy (non-hydrogen) atoms. The Morgan fingerprint density at radius 1 is 1.42 bits per heavy atom. The number of piperidine rings is 1. The molecular weight excluding hydrogens is 148 g/mol. The van der Waals surface area contributed by atoms with Crippen LogP contribution in [0.25, 0.3) is 0 Å². The van der Waals surface area contributed by atoms with Crippen LogP contribution in [0.4, 0.5) is 0 Å². The Balaban J connectivity index is 2.06. The summed E-state index contributed by atoms with van der Waals surface area (Å²) in [5.74, 6) is 0.914. The molecule has 0 aromatic rings. The van der Waals surface area contributed by atoms with Gasteiger partial charge in [0.1, 0.15) is 0 Å². The van der Waals surface area contributed by atoms with E-state index < -0.39 is 0 Å². The van der Waals surface area contributed by atoms with Gasteiger partial charge in [-0.1, -0.05) is 6.92 Å². The first-order valence-corrected chi connectivity index (χ1v) is 5.25. The lowest BCUT2D eigenvalue weighted by Crippen LogP contribution is -2.35. The zero-order chi connectivity index (χ0) is 8.81. The summed E-state index contributed by atoms with van der Waals surface area (Å²) in [6.45, 7) is 7.10. The van der Waals surface area contributed by atoms with E-state index >= 15 is 0 Å². The van der Waals surface area contributed by atoms with Crippen LogP contribution in [-0.4, -0.2) is 31.1 Å². The van der Waals surface area contributed by atoms with Gasteiger partial charge < -0.3 is 10.6 Å². The van der Waals surface area contributed by atoms with Gasteiger partial charge in [-0.25, -0.2) is 0 Å². The van der Waals surface area contributed by atoms with Gasteiger partial charge >= 0.3 is 0 Å². The molecule has 1 aliphatic rings. The third-order valence-corrected chi connectivity index (χ3v) is 2.67. The minimum absolute atomic E-state index is 0.851. The molecule has 1 saturated heterocycles. The van der Waals surface area contributed by atoms with E-state index in [4.69, 9.17) is 5.73 Å². The predicted molar refractivity (Wildman–Crippen MR) is 53.1 cm³/mol. The second kappa shape index (κ2) is 5.55. The van der Waals surface area contributed by atoms with Crippen LogP contribution >= 0.6 is 0 Å². The fraction of sp³-hybridized carbons (Fsp3) is 1.00. The smallest absolute Gasteiger partial charge is 0.000703 e. The van der Waals surface area contributed by atoms with E-state index in [1.165, 1.54) is 45.3 Å². The molecule has 0 bridgehead atoms. The molecule has 0 aromatic carbocycles. The summed E-state index contributed by atoms with van der Waals surface area (Å²) < 4.78 is 0. The van der Waals surface area contributed by atoms with Gasteiger partial charge in [-0.3, -0.25) is 0 Å². The Bertz CT molecular complexity index is 114. The van der Waals surface area contributed by atoms with Gasteiger partial charge in [0.25, 0.3) is 0 Å². The Kier molecular flexibility index (Phi) is 4.62. The molecule has 2 N–H and O–H groups in total. The van der Waals surface area contributed by atoms with E-state index in [-0.39, 0.29) is 0 Å². The Morgan fingerprint density at radius 2 is 2.25 bits per heavy atom. The highest BCUT2D eigenvalue weighted by Crippen LogP contribution is 2.15. The quantitative estimate of drug-likeness (QED) is 0.647. The number of unbranched alkanes of at least 4 members (excludes halogenated alkanes) is 1. The molecule has 2 nitrogen and oxygen atoms in total. The molecule has 0 spiro atoms. The Morgan fingerprint density at radius 3 is 2.92 bits per heavy atom. The molecule has 0 amide bonds. The van der Waals surface area contributed by atoms with Crippen molar-refractivity contribution in [2.45, 2.75) is 32.6 Å². The van der Waals surface area contributed by atoms with Crippen molar-refractivity contribution in [1.29, 1.82) is 0 Å². The van der Waals surface area contributed by atoms with Crippen LogP contribution in [0.1, 0.15) is 32.6 Å². The van der Waals surface area contributed by atoms with E-state index in [0.29, 0.717) is 0 Å². The maximum atomic E-state index is 5.45. The van der Waals surface area contributed by atoms with Crippen molar-refractivity contribution in [3.8, 4) is 0 Å². The van der Waals surface area contributed by atoms with Crippen molar-refractivity contribution < 1.29 is 0 Å². The topological polar surface area (TPSA) is 29.3 Å². The summed E-state index contributed by atoms with van der Waals surface area (Å²) in [5, 5.41) is 0. The molecule has 2 heteroatoms. The highest BCUT2D eigenvalue weighted by molar-refractivity contribution is 4.69. The third-order valence-electron chi connectivity index (χ3n) is 2.67. The predicted octanol–water partition coefficient (Wildman–Crippen LogP) is 1.46. The lowest BCUT2D eigenvalue weighted by atomic mass is 10.0.